The number of hydrogen-bond donors (Lipinski definition) is 2. The fourth-order valence-electron chi connectivity index (χ4n) is 3.18. The highest BCUT2D eigenvalue weighted by molar-refractivity contribution is 6.31. The van der Waals surface area contributed by atoms with Crippen molar-refractivity contribution >= 4 is 34.1 Å². The van der Waals surface area contributed by atoms with Gasteiger partial charge in [0.2, 0.25) is 0 Å². The Bertz CT molecular complexity index is 1090. The maximum atomic E-state index is 13.4. The van der Waals surface area contributed by atoms with Gasteiger partial charge in [0.1, 0.15) is 5.82 Å². The lowest BCUT2D eigenvalue weighted by Gasteiger charge is -2.30. The number of fused-ring (bicyclic) bond motifs is 1. The maximum absolute atomic E-state index is 13.4. The van der Waals surface area contributed by atoms with Gasteiger partial charge in [0.25, 0.3) is 5.56 Å². The van der Waals surface area contributed by atoms with Crippen LogP contribution < -0.4 is 10.9 Å². The summed E-state index contributed by atoms with van der Waals surface area (Å²) in [6, 6.07) is 10.4. The number of carbonyl (C=O) groups excluding carboxylic acids is 1. The van der Waals surface area contributed by atoms with Crippen molar-refractivity contribution in [3.8, 4) is 0 Å². The molecule has 3 aromatic rings. The minimum atomic E-state index is -0.561. The smallest absolute Gasteiger partial charge is 0.322 e. The molecule has 0 fully saturated rings. The molecule has 2 aromatic carbocycles. The standard InChI is InChI=1S/C21H21ClFN3O3/c1-13(17-12-24-20(27)16-6-4-3-5-15(16)17)26(9-10-29-2)21(28)25-14-7-8-19(23)18(22)11-14/h3-8,11-13H,9-10H2,1-2H3,(H,24,27)(H,25,28). The monoisotopic (exact) mass is 417 g/mol. The van der Waals surface area contributed by atoms with E-state index < -0.39 is 11.8 Å². The van der Waals surface area contributed by atoms with Crippen LogP contribution in [0.3, 0.4) is 0 Å². The van der Waals surface area contributed by atoms with Crippen LogP contribution in [0.5, 0.6) is 0 Å². The molecule has 0 spiro atoms. The number of aromatic nitrogens is 1. The molecule has 8 heteroatoms. The molecule has 0 aliphatic carbocycles. The molecule has 29 heavy (non-hydrogen) atoms. The lowest BCUT2D eigenvalue weighted by molar-refractivity contribution is 0.140. The van der Waals surface area contributed by atoms with Crippen molar-refractivity contribution in [3.63, 3.8) is 0 Å². The number of rotatable bonds is 6. The Balaban J connectivity index is 1.93. The van der Waals surface area contributed by atoms with Gasteiger partial charge in [-0.3, -0.25) is 4.79 Å². The van der Waals surface area contributed by atoms with E-state index in [1.807, 2.05) is 19.1 Å². The van der Waals surface area contributed by atoms with Gasteiger partial charge in [0.15, 0.2) is 0 Å². The Morgan fingerprint density at radius 3 is 2.69 bits per heavy atom. The van der Waals surface area contributed by atoms with Gasteiger partial charge in [-0.05, 0) is 42.1 Å². The second-order valence-corrected chi connectivity index (χ2v) is 6.95. The summed E-state index contributed by atoms with van der Waals surface area (Å²) in [5.74, 6) is -0.561. The molecule has 0 aliphatic heterocycles. The van der Waals surface area contributed by atoms with Crippen LogP contribution in [-0.4, -0.2) is 36.2 Å². The van der Waals surface area contributed by atoms with Crippen LogP contribution >= 0.6 is 11.6 Å². The summed E-state index contributed by atoms with van der Waals surface area (Å²) in [5, 5.41) is 3.98. The van der Waals surface area contributed by atoms with Crippen molar-refractivity contribution in [3.05, 3.63) is 75.4 Å². The van der Waals surface area contributed by atoms with Gasteiger partial charge in [-0.25, -0.2) is 9.18 Å². The highest BCUT2D eigenvalue weighted by atomic mass is 35.5. The largest absolute Gasteiger partial charge is 0.383 e. The summed E-state index contributed by atoms with van der Waals surface area (Å²) in [6.45, 7) is 2.50. The van der Waals surface area contributed by atoms with Crippen LogP contribution in [0, 0.1) is 5.82 Å². The quantitative estimate of drug-likeness (QED) is 0.617. The molecular formula is C21H21ClFN3O3. The molecular weight excluding hydrogens is 397 g/mol. The zero-order valence-corrected chi connectivity index (χ0v) is 16.8. The van der Waals surface area contributed by atoms with Crippen LogP contribution in [0.4, 0.5) is 14.9 Å². The normalized spacial score (nSPS) is 12.0. The molecule has 0 saturated carbocycles. The predicted molar refractivity (Wildman–Crippen MR) is 112 cm³/mol. The van der Waals surface area contributed by atoms with Crippen LogP contribution in [0.2, 0.25) is 5.02 Å². The molecule has 1 atom stereocenters. The molecule has 0 aliphatic rings. The number of amides is 2. The zero-order chi connectivity index (χ0) is 21.0. The molecule has 1 aromatic heterocycles. The maximum Gasteiger partial charge on any atom is 0.322 e. The number of halogens is 2. The summed E-state index contributed by atoms with van der Waals surface area (Å²) in [7, 11) is 1.55. The molecule has 2 amide bonds. The second-order valence-electron chi connectivity index (χ2n) is 6.54. The summed E-state index contributed by atoms with van der Waals surface area (Å²) in [4.78, 5) is 29.4. The summed E-state index contributed by atoms with van der Waals surface area (Å²) < 4.78 is 18.5. The Kier molecular flexibility index (Phi) is 6.51. The summed E-state index contributed by atoms with van der Waals surface area (Å²) >= 11 is 5.81. The van der Waals surface area contributed by atoms with Gasteiger partial charge in [-0.1, -0.05) is 29.8 Å². The number of benzene rings is 2. The van der Waals surface area contributed by atoms with E-state index in [0.717, 1.165) is 10.9 Å². The van der Waals surface area contributed by atoms with Crippen LogP contribution in [0.15, 0.2) is 53.5 Å². The third-order valence-corrected chi connectivity index (χ3v) is 5.02. The third kappa shape index (κ3) is 4.58. The Morgan fingerprint density at radius 2 is 2.00 bits per heavy atom. The van der Waals surface area contributed by atoms with E-state index in [2.05, 4.69) is 10.3 Å². The van der Waals surface area contributed by atoms with Crippen molar-refractivity contribution in [2.75, 3.05) is 25.6 Å². The van der Waals surface area contributed by atoms with Gasteiger partial charge in [0, 0.05) is 30.9 Å². The van der Waals surface area contributed by atoms with E-state index >= 15 is 0 Å². The number of carbonyl (C=O) groups is 1. The molecule has 6 nitrogen and oxygen atoms in total. The number of methoxy groups -OCH3 is 1. The molecule has 2 N–H and O–H groups in total. The number of aromatic amines is 1. The van der Waals surface area contributed by atoms with E-state index in [0.29, 0.717) is 24.2 Å². The van der Waals surface area contributed by atoms with Crippen molar-refractivity contribution in [1.82, 2.24) is 9.88 Å². The average molecular weight is 418 g/mol. The molecule has 0 bridgehead atoms. The number of urea groups is 1. The number of anilines is 1. The first-order valence-electron chi connectivity index (χ1n) is 9.04. The van der Waals surface area contributed by atoms with E-state index in [-0.39, 0.29) is 16.6 Å². The summed E-state index contributed by atoms with van der Waals surface area (Å²) in [5.41, 5.74) is 0.983. The number of ether oxygens (including phenoxy) is 1. The number of H-pyrrole nitrogens is 1. The third-order valence-electron chi connectivity index (χ3n) is 4.73. The Morgan fingerprint density at radius 1 is 1.28 bits per heavy atom. The van der Waals surface area contributed by atoms with Gasteiger partial charge >= 0.3 is 6.03 Å². The zero-order valence-electron chi connectivity index (χ0n) is 16.0. The first-order chi connectivity index (χ1) is 13.9. The van der Waals surface area contributed by atoms with Gasteiger partial charge in [-0.15, -0.1) is 0 Å². The topological polar surface area (TPSA) is 74.4 Å². The van der Waals surface area contributed by atoms with E-state index in [9.17, 15) is 14.0 Å². The second kappa shape index (κ2) is 9.07. The van der Waals surface area contributed by atoms with Crippen molar-refractivity contribution < 1.29 is 13.9 Å². The van der Waals surface area contributed by atoms with Gasteiger partial charge in [0.05, 0.1) is 17.7 Å². The minimum absolute atomic E-state index is 0.0779. The fourth-order valence-corrected chi connectivity index (χ4v) is 3.36. The van der Waals surface area contributed by atoms with E-state index in [4.69, 9.17) is 16.3 Å². The number of hydrogen-bond acceptors (Lipinski definition) is 3. The first kappa shape index (κ1) is 20.8. The number of nitrogens with one attached hydrogen (secondary N) is 2. The van der Waals surface area contributed by atoms with Gasteiger partial charge in [-0.2, -0.15) is 0 Å². The van der Waals surface area contributed by atoms with Crippen LogP contribution in [0.25, 0.3) is 10.8 Å². The van der Waals surface area contributed by atoms with Crippen molar-refractivity contribution in [1.29, 1.82) is 0 Å². The Labute approximate surface area is 172 Å². The predicted octanol–water partition coefficient (Wildman–Crippen LogP) is 4.56. The number of nitrogens with zero attached hydrogens (tertiary/aromatic N) is 1. The van der Waals surface area contributed by atoms with Crippen molar-refractivity contribution in [2.45, 2.75) is 13.0 Å². The Hall–Kier alpha value is -2.90. The molecule has 3 rings (SSSR count). The minimum Gasteiger partial charge on any atom is -0.383 e. The average Bonchev–Trinajstić information content (AvgIpc) is 2.71. The number of pyridine rings is 1. The molecule has 1 unspecified atom stereocenters. The molecule has 0 saturated heterocycles. The first-order valence-corrected chi connectivity index (χ1v) is 9.42. The highest BCUT2D eigenvalue weighted by Gasteiger charge is 2.23. The summed E-state index contributed by atoms with van der Waals surface area (Å²) in [6.07, 6.45) is 1.62. The molecule has 1 heterocycles. The van der Waals surface area contributed by atoms with E-state index in [1.165, 1.54) is 18.2 Å². The fraction of sp³-hybridized carbons (Fsp3) is 0.238. The van der Waals surface area contributed by atoms with Crippen molar-refractivity contribution in [2.24, 2.45) is 0 Å². The SMILES string of the molecule is COCCN(C(=O)Nc1ccc(F)c(Cl)c1)C(C)c1c[nH]c(=O)c2ccccc12. The highest BCUT2D eigenvalue weighted by Crippen LogP contribution is 2.27. The molecule has 152 valence electrons. The van der Waals surface area contributed by atoms with E-state index in [1.54, 1.807) is 30.3 Å². The molecule has 0 radical (unpaired) electrons. The lowest BCUT2D eigenvalue weighted by atomic mass is 10.0. The van der Waals surface area contributed by atoms with Crippen LogP contribution in [-0.2, 0) is 4.74 Å². The van der Waals surface area contributed by atoms with Gasteiger partial charge < -0.3 is 19.9 Å². The van der Waals surface area contributed by atoms with Crippen LogP contribution in [0.1, 0.15) is 18.5 Å². The lowest BCUT2D eigenvalue weighted by Crippen LogP contribution is -2.39.